The monoisotopic (exact) mass is 355 g/mol. The average molecular weight is 356 g/mol. The van der Waals surface area contributed by atoms with Gasteiger partial charge in [0.05, 0.1) is 16.6 Å². The quantitative estimate of drug-likeness (QED) is 0.884. The Morgan fingerprint density at radius 3 is 2.61 bits per heavy atom. The fourth-order valence-corrected chi connectivity index (χ4v) is 2.86. The summed E-state index contributed by atoms with van der Waals surface area (Å²) in [5.41, 5.74) is 7.96. The lowest BCUT2D eigenvalue weighted by atomic mass is 9.95. The van der Waals surface area contributed by atoms with Crippen LogP contribution in [0.2, 0.25) is 0 Å². The summed E-state index contributed by atoms with van der Waals surface area (Å²) in [7, 11) is 0. The normalized spacial score (nSPS) is 16.0. The minimum absolute atomic E-state index is 0. The molecule has 0 bridgehead atoms. The molecule has 126 valence electrons. The van der Waals surface area contributed by atoms with Crippen molar-refractivity contribution in [3.8, 4) is 0 Å². The SMILES string of the molecule is Cc1cc(C(=O)NC(C)(CN)C2CC2)c2ccccc2n1.Cl.Cl. The number of halogens is 2. The number of nitrogens with one attached hydrogen (secondary N) is 1. The van der Waals surface area contributed by atoms with Crippen molar-refractivity contribution in [2.75, 3.05) is 6.54 Å². The van der Waals surface area contributed by atoms with Gasteiger partial charge in [0.2, 0.25) is 0 Å². The number of carbonyl (C=O) groups is 1. The van der Waals surface area contributed by atoms with Crippen LogP contribution in [-0.2, 0) is 0 Å². The van der Waals surface area contributed by atoms with E-state index < -0.39 is 0 Å². The Morgan fingerprint density at radius 1 is 1.35 bits per heavy atom. The van der Waals surface area contributed by atoms with Crippen LogP contribution < -0.4 is 11.1 Å². The van der Waals surface area contributed by atoms with Gasteiger partial charge < -0.3 is 11.1 Å². The molecule has 23 heavy (non-hydrogen) atoms. The summed E-state index contributed by atoms with van der Waals surface area (Å²) in [4.78, 5) is 17.2. The summed E-state index contributed by atoms with van der Waals surface area (Å²) in [5.74, 6) is 0.442. The highest BCUT2D eigenvalue weighted by Crippen LogP contribution is 2.39. The summed E-state index contributed by atoms with van der Waals surface area (Å²) in [6, 6.07) is 9.58. The minimum atomic E-state index is -0.310. The number of pyridine rings is 1. The maximum atomic E-state index is 12.7. The van der Waals surface area contributed by atoms with Gasteiger partial charge >= 0.3 is 0 Å². The third kappa shape index (κ3) is 3.94. The molecule has 1 amide bonds. The summed E-state index contributed by atoms with van der Waals surface area (Å²) < 4.78 is 0. The van der Waals surface area contributed by atoms with Gasteiger partial charge in [0, 0.05) is 17.6 Å². The molecule has 0 saturated heterocycles. The standard InChI is InChI=1S/C17H21N3O.2ClH/c1-11-9-14(13-5-3-4-6-15(13)19-11)16(21)20-17(2,10-18)12-7-8-12;;/h3-6,9,12H,7-8,10,18H2,1-2H3,(H,20,21);2*1H. The maximum absolute atomic E-state index is 12.7. The van der Waals surface area contributed by atoms with E-state index in [4.69, 9.17) is 5.73 Å². The van der Waals surface area contributed by atoms with E-state index in [1.54, 1.807) is 0 Å². The highest BCUT2D eigenvalue weighted by molar-refractivity contribution is 6.06. The Balaban J connectivity index is 0.00000132. The van der Waals surface area contributed by atoms with Crippen molar-refractivity contribution >= 4 is 41.6 Å². The summed E-state index contributed by atoms with van der Waals surface area (Å²) in [5, 5.41) is 4.03. The van der Waals surface area contributed by atoms with Crippen LogP contribution in [0.25, 0.3) is 10.9 Å². The van der Waals surface area contributed by atoms with E-state index in [0.717, 1.165) is 29.4 Å². The Morgan fingerprint density at radius 2 is 2.00 bits per heavy atom. The van der Waals surface area contributed by atoms with E-state index in [2.05, 4.69) is 10.3 Å². The predicted molar refractivity (Wildman–Crippen MR) is 98.6 cm³/mol. The Kier molecular flexibility index (Phi) is 6.40. The Labute approximate surface area is 149 Å². The third-order valence-corrected chi connectivity index (χ3v) is 4.39. The van der Waals surface area contributed by atoms with E-state index in [1.165, 1.54) is 0 Å². The topological polar surface area (TPSA) is 68.0 Å². The number of hydrogen-bond donors (Lipinski definition) is 2. The van der Waals surface area contributed by atoms with E-state index >= 15 is 0 Å². The molecule has 1 atom stereocenters. The molecular weight excluding hydrogens is 333 g/mol. The molecule has 1 fully saturated rings. The molecule has 1 aliphatic rings. The molecule has 1 unspecified atom stereocenters. The number of rotatable bonds is 4. The molecule has 0 radical (unpaired) electrons. The van der Waals surface area contributed by atoms with Crippen LogP contribution in [0.3, 0.4) is 0 Å². The first-order valence-electron chi connectivity index (χ1n) is 7.42. The van der Waals surface area contributed by atoms with E-state index in [1.807, 2.05) is 44.2 Å². The van der Waals surface area contributed by atoms with Crippen molar-refractivity contribution in [1.82, 2.24) is 10.3 Å². The van der Waals surface area contributed by atoms with E-state index in [0.29, 0.717) is 18.0 Å². The number of aryl methyl sites for hydroxylation is 1. The second kappa shape index (κ2) is 7.47. The first kappa shape index (κ1) is 19.7. The average Bonchev–Trinajstić information content (AvgIpc) is 3.31. The lowest BCUT2D eigenvalue weighted by molar-refractivity contribution is 0.0899. The molecule has 6 heteroatoms. The second-order valence-corrected chi connectivity index (χ2v) is 6.18. The van der Waals surface area contributed by atoms with Crippen LogP contribution >= 0.6 is 24.8 Å². The van der Waals surface area contributed by atoms with Crippen molar-refractivity contribution in [1.29, 1.82) is 0 Å². The highest BCUT2D eigenvalue weighted by atomic mass is 35.5. The Hall–Kier alpha value is -1.36. The van der Waals surface area contributed by atoms with Crippen molar-refractivity contribution < 1.29 is 4.79 Å². The number of carbonyl (C=O) groups excluding carboxylic acids is 1. The molecule has 3 rings (SSSR count). The van der Waals surface area contributed by atoms with Crippen molar-refractivity contribution in [2.24, 2.45) is 11.7 Å². The van der Waals surface area contributed by atoms with Gasteiger partial charge in [-0.05, 0) is 44.7 Å². The fraction of sp³-hybridized carbons (Fsp3) is 0.412. The smallest absolute Gasteiger partial charge is 0.252 e. The van der Waals surface area contributed by atoms with Gasteiger partial charge in [-0.25, -0.2) is 0 Å². The minimum Gasteiger partial charge on any atom is -0.345 e. The molecular formula is C17H23Cl2N3O. The van der Waals surface area contributed by atoms with Crippen molar-refractivity contribution in [2.45, 2.75) is 32.2 Å². The van der Waals surface area contributed by atoms with Crippen LogP contribution in [0.5, 0.6) is 0 Å². The number of aromatic nitrogens is 1. The van der Waals surface area contributed by atoms with Gasteiger partial charge in [0.15, 0.2) is 0 Å². The highest BCUT2D eigenvalue weighted by Gasteiger charge is 2.41. The third-order valence-electron chi connectivity index (χ3n) is 4.39. The van der Waals surface area contributed by atoms with Gasteiger partial charge in [-0.2, -0.15) is 0 Å². The van der Waals surface area contributed by atoms with E-state index in [-0.39, 0.29) is 36.3 Å². The van der Waals surface area contributed by atoms with Gasteiger partial charge in [0.25, 0.3) is 5.91 Å². The van der Waals surface area contributed by atoms with Gasteiger partial charge in [-0.3, -0.25) is 9.78 Å². The fourth-order valence-electron chi connectivity index (χ4n) is 2.86. The number of para-hydroxylation sites is 1. The van der Waals surface area contributed by atoms with Gasteiger partial charge in [-0.15, -0.1) is 24.8 Å². The summed E-state index contributed by atoms with van der Waals surface area (Å²) in [6.45, 7) is 4.41. The number of nitrogens with zero attached hydrogens (tertiary/aromatic N) is 1. The zero-order chi connectivity index (χ0) is 15.0. The van der Waals surface area contributed by atoms with Gasteiger partial charge in [0.1, 0.15) is 0 Å². The predicted octanol–water partition coefficient (Wildman–Crippen LogP) is 3.24. The largest absolute Gasteiger partial charge is 0.345 e. The first-order valence-corrected chi connectivity index (χ1v) is 7.42. The van der Waals surface area contributed by atoms with Crippen LogP contribution in [0, 0.1) is 12.8 Å². The second-order valence-electron chi connectivity index (χ2n) is 6.18. The molecule has 4 nitrogen and oxygen atoms in total. The lowest BCUT2D eigenvalue weighted by Gasteiger charge is -2.29. The van der Waals surface area contributed by atoms with Crippen LogP contribution in [-0.4, -0.2) is 23.0 Å². The zero-order valence-corrected chi connectivity index (χ0v) is 15.0. The zero-order valence-electron chi connectivity index (χ0n) is 13.3. The molecule has 1 heterocycles. The van der Waals surface area contributed by atoms with Crippen molar-refractivity contribution in [3.63, 3.8) is 0 Å². The molecule has 3 N–H and O–H groups in total. The maximum Gasteiger partial charge on any atom is 0.252 e. The van der Waals surface area contributed by atoms with Crippen molar-refractivity contribution in [3.05, 3.63) is 41.6 Å². The Bertz CT molecular complexity index is 703. The number of amides is 1. The lowest BCUT2D eigenvalue weighted by Crippen LogP contribution is -2.53. The van der Waals surface area contributed by atoms with Gasteiger partial charge in [-0.1, -0.05) is 18.2 Å². The van der Waals surface area contributed by atoms with Crippen LogP contribution in [0.4, 0.5) is 0 Å². The van der Waals surface area contributed by atoms with Crippen LogP contribution in [0.1, 0.15) is 35.8 Å². The molecule has 0 spiro atoms. The molecule has 1 aromatic carbocycles. The summed E-state index contributed by atoms with van der Waals surface area (Å²) in [6.07, 6.45) is 2.29. The summed E-state index contributed by atoms with van der Waals surface area (Å²) >= 11 is 0. The van der Waals surface area contributed by atoms with E-state index in [9.17, 15) is 4.79 Å². The number of nitrogens with two attached hydrogens (primary N) is 1. The number of fused-ring (bicyclic) bond motifs is 1. The van der Waals surface area contributed by atoms with Crippen LogP contribution in [0.15, 0.2) is 30.3 Å². The first-order chi connectivity index (χ1) is 10.0. The number of benzene rings is 1. The molecule has 1 aromatic heterocycles. The molecule has 0 aliphatic heterocycles. The molecule has 1 aliphatic carbocycles. The molecule has 2 aromatic rings. The molecule has 1 saturated carbocycles. The number of hydrogen-bond acceptors (Lipinski definition) is 3.